The summed E-state index contributed by atoms with van der Waals surface area (Å²) in [4.78, 5) is 10.3. The van der Waals surface area contributed by atoms with E-state index >= 15 is 0 Å². The Hall–Kier alpha value is -1.58. The van der Waals surface area contributed by atoms with Gasteiger partial charge in [0.05, 0.1) is 0 Å². The number of hydrogen-bond donors (Lipinski definition) is 1. The second-order valence-corrected chi connectivity index (χ2v) is 3.48. The number of benzene rings is 1. The van der Waals surface area contributed by atoms with Crippen molar-refractivity contribution in [3.05, 3.63) is 28.8 Å². The summed E-state index contributed by atoms with van der Waals surface area (Å²) < 4.78 is 17.5. The highest BCUT2D eigenvalue weighted by Crippen LogP contribution is 2.24. The minimum absolute atomic E-state index is 0.280. The number of carboxylic acid groups (broad SMARTS) is 1. The maximum Gasteiger partial charge on any atom is 0.378 e. The highest BCUT2D eigenvalue weighted by molar-refractivity contribution is 5.71. The van der Waals surface area contributed by atoms with Crippen molar-refractivity contribution in [1.29, 1.82) is 0 Å². The van der Waals surface area contributed by atoms with E-state index in [1.807, 2.05) is 19.9 Å². The summed E-state index contributed by atoms with van der Waals surface area (Å²) in [5.41, 5.74) is 2.61. The average Bonchev–Trinajstić information content (AvgIpc) is 2.13. The van der Waals surface area contributed by atoms with E-state index in [9.17, 15) is 9.18 Å². The summed E-state index contributed by atoms with van der Waals surface area (Å²) in [5.74, 6) is -1.34. The van der Waals surface area contributed by atoms with Crippen LogP contribution in [0.4, 0.5) is 4.39 Å². The van der Waals surface area contributed by atoms with Gasteiger partial charge in [-0.1, -0.05) is 6.07 Å². The predicted molar refractivity (Wildman–Crippen MR) is 53.8 cm³/mol. The molecule has 1 N–H and O–H groups in total. The minimum atomic E-state index is -2.31. The highest BCUT2D eigenvalue weighted by atomic mass is 19.1. The lowest BCUT2D eigenvalue weighted by Gasteiger charge is -2.12. The van der Waals surface area contributed by atoms with E-state index in [1.54, 1.807) is 13.0 Å². The van der Waals surface area contributed by atoms with E-state index < -0.39 is 12.3 Å². The molecule has 0 spiro atoms. The molecule has 0 saturated carbocycles. The molecule has 1 rings (SSSR count). The van der Waals surface area contributed by atoms with Gasteiger partial charge in [0.1, 0.15) is 5.75 Å². The molecule has 0 amide bonds. The Morgan fingerprint density at radius 1 is 1.40 bits per heavy atom. The van der Waals surface area contributed by atoms with Crippen LogP contribution in [0.25, 0.3) is 0 Å². The predicted octanol–water partition coefficient (Wildman–Crippen LogP) is 2.37. The zero-order valence-corrected chi connectivity index (χ0v) is 8.87. The van der Waals surface area contributed by atoms with E-state index in [0.29, 0.717) is 0 Å². The van der Waals surface area contributed by atoms with Crippen LogP contribution >= 0.6 is 0 Å². The number of ether oxygens (including phenoxy) is 1. The molecule has 1 unspecified atom stereocenters. The fourth-order valence-electron chi connectivity index (χ4n) is 1.29. The largest absolute Gasteiger partial charge is 0.476 e. The van der Waals surface area contributed by atoms with Gasteiger partial charge >= 0.3 is 12.3 Å². The molecule has 15 heavy (non-hydrogen) atoms. The third kappa shape index (κ3) is 2.68. The fourth-order valence-corrected chi connectivity index (χ4v) is 1.29. The molecule has 0 saturated heterocycles. The first-order chi connectivity index (χ1) is 6.91. The molecule has 0 heterocycles. The van der Waals surface area contributed by atoms with Crippen molar-refractivity contribution in [2.75, 3.05) is 0 Å². The third-order valence-corrected chi connectivity index (χ3v) is 2.19. The molecule has 0 aliphatic heterocycles. The average molecular weight is 212 g/mol. The number of halogens is 1. The van der Waals surface area contributed by atoms with Crippen LogP contribution in [-0.2, 0) is 4.79 Å². The molecular weight excluding hydrogens is 199 g/mol. The van der Waals surface area contributed by atoms with E-state index in [1.165, 1.54) is 0 Å². The molecule has 0 bridgehead atoms. The first-order valence-corrected chi connectivity index (χ1v) is 4.53. The van der Waals surface area contributed by atoms with Crippen LogP contribution < -0.4 is 4.74 Å². The van der Waals surface area contributed by atoms with E-state index in [0.717, 1.165) is 16.7 Å². The van der Waals surface area contributed by atoms with Gasteiger partial charge in [-0.3, -0.25) is 0 Å². The number of carbonyl (C=O) groups is 1. The molecule has 0 radical (unpaired) electrons. The van der Waals surface area contributed by atoms with Crippen molar-refractivity contribution in [2.24, 2.45) is 0 Å². The van der Waals surface area contributed by atoms with Crippen molar-refractivity contribution in [3.8, 4) is 5.75 Å². The van der Waals surface area contributed by atoms with Gasteiger partial charge in [0.25, 0.3) is 0 Å². The van der Waals surface area contributed by atoms with Crippen molar-refractivity contribution in [1.82, 2.24) is 0 Å². The maximum absolute atomic E-state index is 12.8. The van der Waals surface area contributed by atoms with Crippen molar-refractivity contribution >= 4 is 5.97 Å². The summed E-state index contributed by atoms with van der Waals surface area (Å²) >= 11 is 0. The molecule has 82 valence electrons. The van der Waals surface area contributed by atoms with E-state index in [2.05, 4.69) is 0 Å². The summed E-state index contributed by atoms with van der Waals surface area (Å²) in [6.07, 6.45) is -2.31. The number of carboxylic acids is 1. The fraction of sp³-hybridized carbons (Fsp3) is 0.364. The Labute approximate surface area is 87.5 Å². The number of aliphatic carboxylic acids is 1. The van der Waals surface area contributed by atoms with Crippen LogP contribution in [0, 0.1) is 20.8 Å². The molecule has 0 aromatic heterocycles. The number of alkyl halides is 1. The molecule has 1 aromatic carbocycles. The topological polar surface area (TPSA) is 46.5 Å². The summed E-state index contributed by atoms with van der Waals surface area (Å²) in [7, 11) is 0. The van der Waals surface area contributed by atoms with Crippen LogP contribution in [0.15, 0.2) is 12.1 Å². The van der Waals surface area contributed by atoms with E-state index in [-0.39, 0.29) is 5.75 Å². The van der Waals surface area contributed by atoms with Gasteiger partial charge in [0.15, 0.2) is 0 Å². The second-order valence-electron chi connectivity index (χ2n) is 3.48. The molecule has 1 aromatic rings. The van der Waals surface area contributed by atoms with Crippen LogP contribution in [0.3, 0.4) is 0 Å². The van der Waals surface area contributed by atoms with Gasteiger partial charge in [-0.2, -0.15) is 4.39 Å². The van der Waals surface area contributed by atoms with Crippen LogP contribution in [0.1, 0.15) is 16.7 Å². The van der Waals surface area contributed by atoms with Crippen molar-refractivity contribution < 1.29 is 19.0 Å². The Balaban J connectivity index is 2.99. The monoisotopic (exact) mass is 212 g/mol. The Bertz CT molecular complexity index is 388. The SMILES string of the molecule is Cc1cc(C)c(C)c(OC(F)C(=O)O)c1. The summed E-state index contributed by atoms with van der Waals surface area (Å²) in [6.45, 7) is 5.47. The number of rotatable bonds is 3. The number of hydrogen-bond acceptors (Lipinski definition) is 2. The Morgan fingerprint density at radius 2 is 2.00 bits per heavy atom. The second kappa shape index (κ2) is 4.29. The van der Waals surface area contributed by atoms with Gasteiger partial charge in [-0.05, 0) is 43.5 Å². The van der Waals surface area contributed by atoms with Gasteiger partial charge in [-0.15, -0.1) is 0 Å². The minimum Gasteiger partial charge on any atom is -0.476 e. The molecule has 0 aliphatic rings. The molecule has 4 heteroatoms. The van der Waals surface area contributed by atoms with Gasteiger partial charge in [0, 0.05) is 0 Å². The molecular formula is C11H13FO3. The van der Waals surface area contributed by atoms with E-state index in [4.69, 9.17) is 9.84 Å². The molecule has 3 nitrogen and oxygen atoms in total. The quantitative estimate of drug-likeness (QED) is 0.836. The molecule has 0 fully saturated rings. The zero-order valence-electron chi connectivity index (χ0n) is 8.87. The highest BCUT2D eigenvalue weighted by Gasteiger charge is 2.18. The number of aryl methyl sites for hydroxylation is 2. The van der Waals surface area contributed by atoms with Gasteiger partial charge in [-0.25, -0.2) is 4.79 Å². The summed E-state index contributed by atoms with van der Waals surface area (Å²) in [5, 5.41) is 8.37. The lowest BCUT2D eigenvalue weighted by molar-refractivity contribution is -0.153. The van der Waals surface area contributed by atoms with Crippen molar-refractivity contribution in [3.63, 3.8) is 0 Å². The third-order valence-electron chi connectivity index (χ3n) is 2.19. The summed E-state index contributed by atoms with van der Waals surface area (Å²) in [6, 6.07) is 3.55. The normalized spacial score (nSPS) is 12.3. The lowest BCUT2D eigenvalue weighted by Crippen LogP contribution is -2.21. The lowest BCUT2D eigenvalue weighted by atomic mass is 10.1. The van der Waals surface area contributed by atoms with Crippen molar-refractivity contribution in [2.45, 2.75) is 27.1 Å². The molecule has 0 aliphatic carbocycles. The Morgan fingerprint density at radius 3 is 2.53 bits per heavy atom. The van der Waals surface area contributed by atoms with Gasteiger partial charge in [0.2, 0.25) is 0 Å². The van der Waals surface area contributed by atoms with Crippen LogP contribution in [-0.4, -0.2) is 17.4 Å². The standard InChI is InChI=1S/C11H13FO3/c1-6-4-7(2)8(3)9(5-6)15-10(12)11(13)14/h4-5,10H,1-3H3,(H,13,14). The van der Waals surface area contributed by atoms with Gasteiger partial charge < -0.3 is 9.84 Å². The first kappa shape index (κ1) is 11.5. The first-order valence-electron chi connectivity index (χ1n) is 4.53. The maximum atomic E-state index is 12.8. The Kier molecular flexibility index (Phi) is 3.29. The molecule has 1 atom stereocenters. The zero-order chi connectivity index (χ0) is 11.6. The smallest absolute Gasteiger partial charge is 0.378 e. The van der Waals surface area contributed by atoms with Crippen LogP contribution in [0.5, 0.6) is 5.75 Å². The van der Waals surface area contributed by atoms with Crippen LogP contribution in [0.2, 0.25) is 0 Å².